The van der Waals surface area contributed by atoms with Gasteiger partial charge in [-0.1, -0.05) is 63.9 Å². The standard InChI is InChI=1S/C18H25N3O2.2C3H8/c1-2-6-18(7-3-1)21-11-9-20(10-12-21)13-16-22-14-4-5-17-8-15-23-19-17;2*1-3-2/h1-3,6-8,15H,4-5,9-14,16H2;2*3H2,1-2H3. The number of hydrogen-bond donors (Lipinski definition) is 0. The van der Waals surface area contributed by atoms with Crippen LogP contribution in [0.2, 0.25) is 0 Å². The molecule has 5 nitrogen and oxygen atoms in total. The third-order valence-electron chi connectivity index (χ3n) is 4.26. The molecule has 1 aliphatic heterocycles. The van der Waals surface area contributed by atoms with Gasteiger partial charge in [0.25, 0.3) is 0 Å². The Labute approximate surface area is 178 Å². The van der Waals surface area contributed by atoms with E-state index < -0.39 is 0 Å². The Morgan fingerprint density at radius 3 is 2.14 bits per heavy atom. The molecule has 1 saturated heterocycles. The first-order chi connectivity index (χ1) is 14.2. The van der Waals surface area contributed by atoms with Crippen molar-refractivity contribution in [3.63, 3.8) is 0 Å². The van der Waals surface area contributed by atoms with Gasteiger partial charge in [-0.05, 0) is 25.0 Å². The predicted octanol–water partition coefficient (Wildman–Crippen LogP) is 5.28. The van der Waals surface area contributed by atoms with Crippen LogP contribution >= 0.6 is 0 Å². The van der Waals surface area contributed by atoms with E-state index >= 15 is 0 Å². The van der Waals surface area contributed by atoms with E-state index in [1.165, 1.54) is 18.5 Å². The highest BCUT2D eigenvalue weighted by Gasteiger charge is 2.16. The smallest absolute Gasteiger partial charge is 0.124 e. The number of piperazine rings is 1. The minimum absolute atomic E-state index is 0.789. The second-order valence-electron chi connectivity index (χ2n) is 7.29. The highest BCUT2D eigenvalue weighted by Crippen LogP contribution is 2.15. The SMILES string of the molecule is CCC.CCC.c1ccc(N2CCN(CCOCCCc3ccon3)CC2)cc1. The summed E-state index contributed by atoms with van der Waals surface area (Å²) in [6.07, 6.45) is 6.03. The maximum Gasteiger partial charge on any atom is 0.124 e. The number of para-hydroxylation sites is 1. The molecule has 0 amide bonds. The van der Waals surface area contributed by atoms with E-state index in [1.54, 1.807) is 6.26 Å². The van der Waals surface area contributed by atoms with Crippen LogP contribution in [0, 0.1) is 0 Å². The summed E-state index contributed by atoms with van der Waals surface area (Å²) >= 11 is 0. The fourth-order valence-corrected chi connectivity index (χ4v) is 2.89. The van der Waals surface area contributed by atoms with Crippen LogP contribution in [0.1, 0.15) is 52.7 Å². The monoisotopic (exact) mass is 403 g/mol. The van der Waals surface area contributed by atoms with Gasteiger partial charge in [-0.2, -0.15) is 0 Å². The van der Waals surface area contributed by atoms with Crippen molar-refractivity contribution in [2.24, 2.45) is 0 Å². The van der Waals surface area contributed by atoms with Gasteiger partial charge in [-0.15, -0.1) is 0 Å². The molecule has 2 aromatic rings. The first-order valence-electron chi connectivity index (χ1n) is 11.2. The van der Waals surface area contributed by atoms with Crippen LogP contribution in [0.25, 0.3) is 0 Å². The van der Waals surface area contributed by atoms with E-state index in [0.29, 0.717) is 0 Å². The molecule has 164 valence electrons. The number of nitrogens with zero attached hydrogens (tertiary/aromatic N) is 3. The normalized spacial score (nSPS) is 13.9. The van der Waals surface area contributed by atoms with E-state index in [9.17, 15) is 0 Å². The average molecular weight is 404 g/mol. The number of hydrogen-bond acceptors (Lipinski definition) is 5. The van der Waals surface area contributed by atoms with Crippen molar-refractivity contribution in [1.82, 2.24) is 10.1 Å². The topological polar surface area (TPSA) is 41.7 Å². The second-order valence-corrected chi connectivity index (χ2v) is 7.29. The van der Waals surface area contributed by atoms with Gasteiger partial charge in [0.1, 0.15) is 6.26 Å². The fraction of sp³-hybridized carbons (Fsp3) is 0.625. The number of ether oxygens (including phenoxy) is 1. The number of rotatable bonds is 8. The Morgan fingerprint density at radius 1 is 0.897 bits per heavy atom. The van der Waals surface area contributed by atoms with E-state index in [4.69, 9.17) is 9.26 Å². The van der Waals surface area contributed by atoms with Gasteiger partial charge in [-0.25, -0.2) is 0 Å². The van der Waals surface area contributed by atoms with Crippen molar-refractivity contribution in [2.45, 2.75) is 53.4 Å². The zero-order valence-electron chi connectivity index (χ0n) is 19.0. The fourth-order valence-electron chi connectivity index (χ4n) is 2.89. The molecule has 3 rings (SSSR count). The number of benzene rings is 1. The molecule has 1 aliphatic rings. The van der Waals surface area contributed by atoms with Gasteiger partial charge < -0.3 is 14.2 Å². The molecular weight excluding hydrogens is 362 g/mol. The summed E-state index contributed by atoms with van der Waals surface area (Å²) in [6.45, 7) is 15.5. The Kier molecular flexibility index (Phi) is 14.8. The zero-order valence-corrected chi connectivity index (χ0v) is 19.0. The minimum Gasteiger partial charge on any atom is -0.380 e. The van der Waals surface area contributed by atoms with Crippen LogP contribution in [0.15, 0.2) is 47.2 Å². The summed E-state index contributed by atoms with van der Waals surface area (Å²) in [6, 6.07) is 12.6. The van der Waals surface area contributed by atoms with Crippen LogP contribution in [0.3, 0.4) is 0 Å². The Balaban J connectivity index is 0.000000626. The Bertz CT molecular complexity index is 565. The third kappa shape index (κ3) is 11.7. The van der Waals surface area contributed by atoms with Crippen molar-refractivity contribution in [2.75, 3.05) is 50.8 Å². The van der Waals surface area contributed by atoms with Gasteiger partial charge in [-0.3, -0.25) is 4.90 Å². The van der Waals surface area contributed by atoms with Crippen LogP contribution in [0.4, 0.5) is 5.69 Å². The quantitative estimate of drug-likeness (QED) is 0.561. The van der Waals surface area contributed by atoms with Gasteiger partial charge in [0.2, 0.25) is 0 Å². The summed E-state index contributed by atoms with van der Waals surface area (Å²) in [5.41, 5.74) is 2.34. The van der Waals surface area contributed by atoms with Gasteiger partial charge in [0, 0.05) is 51.1 Å². The average Bonchev–Trinajstić information content (AvgIpc) is 3.26. The number of anilines is 1. The zero-order chi connectivity index (χ0) is 21.2. The van der Waals surface area contributed by atoms with Gasteiger partial charge in [0.05, 0.1) is 12.3 Å². The molecule has 0 saturated carbocycles. The van der Waals surface area contributed by atoms with Crippen molar-refractivity contribution in [3.05, 3.63) is 48.4 Å². The molecule has 0 unspecified atom stereocenters. The highest BCUT2D eigenvalue weighted by molar-refractivity contribution is 5.46. The van der Waals surface area contributed by atoms with Crippen LogP contribution in [0.5, 0.6) is 0 Å². The molecule has 1 aromatic carbocycles. The number of aromatic nitrogens is 1. The molecule has 0 radical (unpaired) electrons. The van der Waals surface area contributed by atoms with E-state index in [0.717, 1.165) is 64.5 Å². The summed E-state index contributed by atoms with van der Waals surface area (Å²) in [4.78, 5) is 4.94. The van der Waals surface area contributed by atoms with Crippen molar-refractivity contribution >= 4 is 5.69 Å². The second kappa shape index (κ2) is 17.0. The minimum atomic E-state index is 0.789. The molecule has 1 fully saturated rings. The summed E-state index contributed by atoms with van der Waals surface area (Å²) in [5.74, 6) is 0. The highest BCUT2D eigenvalue weighted by atomic mass is 16.5. The molecule has 2 heterocycles. The molecule has 0 bridgehead atoms. The lowest BCUT2D eigenvalue weighted by atomic mass is 10.2. The molecule has 0 atom stereocenters. The van der Waals surface area contributed by atoms with E-state index in [1.807, 2.05) is 6.07 Å². The van der Waals surface area contributed by atoms with Gasteiger partial charge >= 0.3 is 0 Å². The first kappa shape index (κ1) is 25.2. The van der Waals surface area contributed by atoms with E-state index in [2.05, 4.69) is 73.0 Å². The third-order valence-corrected chi connectivity index (χ3v) is 4.26. The largest absolute Gasteiger partial charge is 0.380 e. The van der Waals surface area contributed by atoms with Crippen molar-refractivity contribution in [1.29, 1.82) is 0 Å². The summed E-state index contributed by atoms with van der Waals surface area (Å²) < 4.78 is 10.5. The van der Waals surface area contributed by atoms with Gasteiger partial charge in [0.15, 0.2) is 0 Å². The maximum atomic E-state index is 5.73. The molecule has 1 aromatic heterocycles. The molecule has 0 aliphatic carbocycles. The molecule has 0 spiro atoms. The Hall–Kier alpha value is -1.85. The molecule has 5 heteroatoms. The van der Waals surface area contributed by atoms with Crippen molar-refractivity contribution in [3.8, 4) is 0 Å². The molecule has 29 heavy (non-hydrogen) atoms. The van der Waals surface area contributed by atoms with Crippen LogP contribution < -0.4 is 4.90 Å². The van der Waals surface area contributed by atoms with E-state index in [-0.39, 0.29) is 0 Å². The summed E-state index contributed by atoms with van der Waals surface area (Å²) in [7, 11) is 0. The first-order valence-corrected chi connectivity index (χ1v) is 11.2. The maximum absolute atomic E-state index is 5.73. The molecule has 0 N–H and O–H groups in total. The van der Waals surface area contributed by atoms with Crippen molar-refractivity contribution < 1.29 is 9.26 Å². The molecular formula is C24H41N3O2. The lowest BCUT2D eigenvalue weighted by Crippen LogP contribution is -2.47. The lowest BCUT2D eigenvalue weighted by molar-refractivity contribution is 0.0997. The Morgan fingerprint density at radius 2 is 1.55 bits per heavy atom. The summed E-state index contributed by atoms with van der Waals surface area (Å²) in [5, 5.41) is 3.90. The van der Waals surface area contributed by atoms with Crippen LogP contribution in [-0.2, 0) is 11.2 Å². The number of aryl methyl sites for hydroxylation is 1. The predicted molar refractivity (Wildman–Crippen MR) is 123 cm³/mol. The van der Waals surface area contributed by atoms with Crippen LogP contribution in [-0.4, -0.2) is 56.0 Å². The lowest BCUT2D eigenvalue weighted by Gasteiger charge is -2.36.